The fraction of sp³-hybridized carbons (Fsp3) is 0. The van der Waals surface area contributed by atoms with E-state index in [9.17, 15) is 0 Å². The van der Waals surface area contributed by atoms with Crippen LogP contribution in [0.3, 0.4) is 0 Å². The third-order valence-electron chi connectivity index (χ3n) is 1.51. The standard InChI is InChI=1S/2C6H6O.HI/c2*7-6-4-2-1-3-5-6;/h2*1-5,7H;1H. The molecule has 0 aromatic heterocycles. The van der Waals surface area contributed by atoms with Crippen LogP contribution in [0.15, 0.2) is 60.7 Å². The Balaban J connectivity index is 0.000000245. The number of hydrogen-bond donors (Lipinski definition) is 2. The van der Waals surface area contributed by atoms with E-state index in [1.54, 1.807) is 48.5 Å². The van der Waals surface area contributed by atoms with Gasteiger partial charge < -0.3 is 10.2 Å². The van der Waals surface area contributed by atoms with E-state index in [2.05, 4.69) is 0 Å². The lowest BCUT2D eigenvalue weighted by Crippen LogP contribution is -1.56. The maximum atomic E-state index is 8.63. The SMILES string of the molecule is I.Oc1ccccc1.Oc1ccccc1. The van der Waals surface area contributed by atoms with Gasteiger partial charge in [0.15, 0.2) is 0 Å². The normalized spacial score (nSPS) is 8.00. The van der Waals surface area contributed by atoms with Crippen LogP contribution < -0.4 is 0 Å². The molecule has 0 atom stereocenters. The Kier molecular flexibility index (Phi) is 7.44. The van der Waals surface area contributed by atoms with E-state index in [1.807, 2.05) is 12.1 Å². The molecule has 0 spiro atoms. The smallest absolute Gasteiger partial charge is 0.115 e. The van der Waals surface area contributed by atoms with Gasteiger partial charge in [-0.2, -0.15) is 0 Å². The van der Waals surface area contributed by atoms with Gasteiger partial charge in [-0.05, 0) is 24.3 Å². The zero-order valence-corrected chi connectivity index (χ0v) is 10.4. The van der Waals surface area contributed by atoms with E-state index >= 15 is 0 Å². The van der Waals surface area contributed by atoms with Crippen molar-refractivity contribution < 1.29 is 10.2 Å². The van der Waals surface area contributed by atoms with Gasteiger partial charge in [0.25, 0.3) is 0 Å². The molecule has 0 bridgehead atoms. The quantitative estimate of drug-likeness (QED) is 0.731. The van der Waals surface area contributed by atoms with E-state index in [0.717, 1.165) is 0 Å². The van der Waals surface area contributed by atoms with Crippen LogP contribution in [0.2, 0.25) is 0 Å². The summed E-state index contributed by atoms with van der Waals surface area (Å²) in [6, 6.07) is 17.4. The van der Waals surface area contributed by atoms with Gasteiger partial charge in [0.05, 0.1) is 0 Å². The monoisotopic (exact) mass is 316 g/mol. The maximum absolute atomic E-state index is 8.63. The highest BCUT2D eigenvalue weighted by atomic mass is 127. The summed E-state index contributed by atoms with van der Waals surface area (Å²) >= 11 is 0. The third kappa shape index (κ3) is 6.79. The van der Waals surface area contributed by atoms with Crippen LogP contribution >= 0.6 is 24.0 Å². The minimum Gasteiger partial charge on any atom is -0.508 e. The number of halogens is 1. The molecule has 80 valence electrons. The topological polar surface area (TPSA) is 40.5 Å². The van der Waals surface area contributed by atoms with Gasteiger partial charge in [-0.25, -0.2) is 0 Å². The fourth-order valence-electron chi connectivity index (χ4n) is 0.856. The summed E-state index contributed by atoms with van der Waals surface area (Å²) in [6.45, 7) is 0. The van der Waals surface area contributed by atoms with Crippen molar-refractivity contribution in [2.24, 2.45) is 0 Å². The third-order valence-corrected chi connectivity index (χ3v) is 1.51. The van der Waals surface area contributed by atoms with Crippen LogP contribution in [0, 0.1) is 0 Å². The van der Waals surface area contributed by atoms with Crippen LogP contribution in [0.25, 0.3) is 0 Å². The zero-order chi connectivity index (χ0) is 10.2. The van der Waals surface area contributed by atoms with Crippen LogP contribution in [-0.2, 0) is 0 Å². The summed E-state index contributed by atoms with van der Waals surface area (Å²) < 4.78 is 0. The van der Waals surface area contributed by atoms with Crippen molar-refractivity contribution in [3.05, 3.63) is 60.7 Å². The van der Waals surface area contributed by atoms with E-state index in [-0.39, 0.29) is 24.0 Å². The largest absolute Gasteiger partial charge is 0.508 e. The Morgan fingerprint density at radius 3 is 0.933 bits per heavy atom. The first-order valence-electron chi connectivity index (χ1n) is 4.27. The van der Waals surface area contributed by atoms with Crippen LogP contribution in [0.4, 0.5) is 0 Å². The van der Waals surface area contributed by atoms with Gasteiger partial charge in [-0.15, -0.1) is 24.0 Å². The Morgan fingerprint density at radius 1 is 0.533 bits per heavy atom. The molecule has 15 heavy (non-hydrogen) atoms. The van der Waals surface area contributed by atoms with Crippen molar-refractivity contribution in [3.63, 3.8) is 0 Å². The number of hydrogen-bond acceptors (Lipinski definition) is 2. The van der Waals surface area contributed by atoms with Gasteiger partial charge in [0.1, 0.15) is 11.5 Å². The molecule has 0 aliphatic rings. The van der Waals surface area contributed by atoms with Crippen molar-refractivity contribution in [2.75, 3.05) is 0 Å². The van der Waals surface area contributed by atoms with E-state index < -0.39 is 0 Å². The van der Waals surface area contributed by atoms with Gasteiger partial charge in [-0.1, -0.05) is 36.4 Å². The predicted octanol–water partition coefficient (Wildman–Crippen LogP) is 3.40. The van der Waals surface area contributed by atoms with Crippen LogP contribution in [0.5, 0.6) is 11.5 Å². The number of benzene rings is 2. The molecule has 0 heterocycles. The number of phenols is 2. The molecule has 0 aliphatic carbocycles. The molecule has 2 nitrogen and oxygen atoms in total. The van der Waals surface area contributed by atoms with Crippen LogP contribution in [-0.4, -0.2) is 10.2 Å². The molecule has 2 aromatic carbocycles. The minimum absolute atomic E-state index is 0. The highest BCUT2D eigenvalue weighted by Crippen LogP contribution is 2.03. The Bertz CT molecular complexity index is 311. The summed E-state index contributed by atoms with van der Waals surface area (Å²) in [5, 5.41) is 17.3. The Morgan fingerprint density at radius 2 is 0.800 bits per heavy atom. The zero-order valence-electron chi connectivity index (χ0n) is 8.08. The predicted molar refractivity (Wildman–Crippen MR) is 71.6 cm³/mol. The maximum Gasteiger partial charge on any atom is 0.115 e. The highest BCUT2D eigenvalue weighted by Gasteiger charge is 1.75. The second-order valence-electron chi connectivity index (χ2n) is 2.67. The van der Waals surface area contributed by atoms with Gasteiger partial charge in [0, 0.05) is 0 Å². The molecular weight excluding hydrogens is 303 g/mol. The fourth-order valence-corrected chi connectivity index (χ4v) is 0.856. The van der Waals surface area contributed by atoms with E-state index in [0.29, 0.717) is 11.5 Å². The molecule has 2 aromatic rings. The van der Waals surface area contributed by atoms with Gasteiger partial charge in [0.2, 0.25) is 0 Å². The molecule has 0 unspecified atom stereocenters. The highest BCUT2D eigenvalue weighted by molar-refractivity contribution is 14.0. The Labute approximate surface area is 106 Å². The van der Waals surface area contributed by atoms with Crippen molar-refractivity contribution in [3.8, 4) is 11.5 Å². The molecule has 3 heteroatoms. The molecule has 0 amide bonds. The Hall–Kier alpha value is -1.23. The number of phenolic OH excluding ortho intramolecular Hbond substituents is 2. The van der Waals surface area contributed by atoms with Gasteiger partial charge in [-0.3, -0.25) is 0 Å². The lowest BCUT2D eigenvalue weighted by Gasteiger charge is -1.82. The van der Waals surface area contributed by atoms with E-state index in [4.69, 9.17) is 10.2 Å². The minimum atomic E-state index is 0. The molecule has 0 saturated carbocycles. The average Bonchev–Trinajstić information content (AvgIpc) is 2.21. The summed E-state index contributed by atoms with van der Waals surface area (Å²) in [5.41, 5.74) is 0. The van der Waals surface area contributed by atoms with E-state index in [1.165, 1.54) is 0 Å². The number of aromatic hydroxyl groups is 2. The van der Waals surface area contributed by atoms with Gasteiger partial charge >= 0.3 is 0 Å². The summed E-state index contributed by atoms with van der Waals surface area (Å²) in [7, 11) is 0. The van der Waals surface area contributed by atoms with Crippen molar-refractivity contribution in [1.82, 2.24) is 0 Å². The van der Waals surface area contributed by atoms with Crippen molar-refractivity contribution >= 4 is 24.0 Å². The second-order valence-corrected chi connectivity index (χ2v) is 2.67. The molecule has 0 fully saturated rings. The number of rotatable bonds is 0. The summed E-state index contributed by atoms with van der Waals surface area (Å²) in [6.07, 6.45) is 0. The molecular formula is C12H13IO2. The molecule has 2 rings (SSSR count). The summed E-state index contributed by atoms with van der Waals surface area (Å²) in [5.74, 6) is 0.644. The lowest BCUT2D eigenvalue weighted by molar-refractivity contribution is 0.475. The molecule has 0 aliphatic heterocycles. The number of para-hydroxylation sites is 2. The lowest BCUT2D eigenvalue weighted by atomic mass is 10.3. The van der Waals surface area contributed by atoms with Crippen molar-refractivity contribution in [2.45, 2.75) is 0 Å². The molecule has 2 N–H and O–H groups in total. The van der Waals surface area contributed by atoms with Crippen molar-refractivity contribution in [1.29, 1.82) is 0 Å². The molecule has 0 radical (unpaired) electrons. The first kappa shape index (κ1) is 13.8. The van der Waals surface area contributed by atoms with Crippen LogP contribution in [0.1, 0.15) is 0 Å². The molecule has 0 saturated heterocycles. The second kappa shape index (κ2) is 8.11. The summed E-state index contributed by atoms with van der Waals surface area (Å²) in [4.78, 5) is 0. The average molecular weight is 316 g/mol. The first-order chi connectivity index (χ1) is 6.79. The first-order valence-corrected chi connectivity index (χ1v) is 4.27.